The van der Waals surface area contributed by atoms with Crippen LogP contribution in [0.4, 0.5) is 5.82 Å². The maximum absolute atomic E-state index is 10.1. The number of aromatic nitrogens is 4. The summed E-state index contributed by atoms with van der Waals surface area (Å²) in [4.78, 5) is 12.6. The minimum atomic E-state index is -1.19. The van der Waals surface area contributed by atoms with Gasteiger partial charge in [0.1, 0.15) is 24.6 Å². The average molecular weight is 325 g/mol. The summed E-state index contributed by atoms with van der Waals surface area (Å²) >= 11 is 0. The second-order valence-corrected chi connectivity index (χ2v) is 5.19. The molecule has 4 N–H and O–H groups in total. The van der Waals surface area contributed by atoms with Crippen LogP contribution in [0.3, 0.4) is 0 Å². The van der Waals surface area contributed by atoms with Gasteiger partial charge in [0.25, 0.3) is 0 Å². The molecule has 0 bridgehead atoms. The first kappa shape index (κ1) is 16.0. The van der Waals surface area contributed by atoms with E-state index in [0.29, 0.717) is 30.1 Å². The van der Waals surface area contributed by atoms with Crippen LogP contribution < -0.4 is 5.32 Å². The van der Waals surface area contributed by atoms with E-state index in [1.165, 1.54) is 17.2 Å². The number of ether oxygens (including phenoxy) is 2. The van der Waals surface area contributed by atoms with Crippen LogP contribution in [0.25, 0.3) is 11.2 Å². The smallest absolute Gasteiger partial charge is 0.167 e. The van der Waals surface area contributed by atoms with Crippen molar-refractivity contribution in [1.29, 1.82) is 0 Å². The van der Waals surface area contributed by atoms with Crippen LogP contribution in [-0.2, 0) is 9.47 Å². The fraction of sp³-hybridized carbons (Fsp3) is 0.615. The lowest BCUT2D eigenvalue weighted by Gasteiger charge is -2.16. The predicted octanol–water partition coefficient (Wildman–Crippen LogP) is -1.50. The summed E-state index contributed by atoms with van der Waals surface area (Å²) in [6.07, 6.45) is -1.27. The third-order valence-corrected chi connectivity index (χ3v) is 3.75. The number of fused-ring (bicyclic) bond motifs is 1. The molecule has 0 spiro atoms. The zero-order valence-corrected chi connectivity index (χ0v) is 12.5. The van der Waals surface area contributed by atoms with Gasteiger partial charge in [0.05, 0.1) is 19.5 Å². The monoisotopic (exact) mass is 325 g/mol. The highest BCUT2D eigenvalue weighted by Gasteiger charge is 2.43. The molecular formula is C13H19N5O5. The number of methoxy groups -OCH3 is 1. The van der Waals surface area contributed by atoms with E-state index in [4.69, 9.17) is 9.47 Å². The summed E-state index contributed by atoms with van der Waals surface area (Å²) in [7, 11) is 1.60. The van der Waals surface area contributed by atoms with Crippen molar-refractivity contribution in [2.45, 2.75) is 24.5 Å². The SMILES string of the molecule is COCCNc1ncnc2c1ncn2C1OC(CO)C(O)C1O. The molecule has 10 nitrogen and oxygen atoms in total. The molecule has 0 saturated carbocycles. The van der Waals surface area contributed by atoms with Crippen LogP contribution >= 0.6 is 0 Å². The highest BCUT2D eigenvalue weighted by Crippen LogP contribution is 2.31. The summed E-state index contributed by atoms with van der Waals surface area (Å²) in [5.41, 5.74) is 0.969. The van der Waals surface area contributed by atoms with Crippen molar-refractivity contribution in [3.8, 4) is 0 Å². The Kier molecular flexibility index (Phi) is 4.68. The molecular weight excluding hydrogens is 306 g/mol. The maximum Gasteiger partial charge on any atom is 0.167 e. The van der Waals surface area contributed by atoms with Gasteiger partial charge in [-0.05, 0) is 0 Å². The topological polar surface area (TPSA) is 135 Å². The van der Waals surface area contributed by atoms with Crippen molar-refractivity contribution >= 4 is 17.0 Å². The average Bonchev–Trinajstić information content (AvgIpc) is 3.11. The van der Waals surface area contributed by atoms with Crippen LogP contribution in [0.5, 0.6) is 0 Å². The van der Waals surface area contributed by atoms with Crippen molar-refractivity contribution in [3.63, 3.8) is 0 Å². The fourth-order valence-corrected chi connectivity index (χ4v) is 2.55. The van der Waals surface area contributed by atoms with E-state index in [1.807, 2.05) is 0 Å². The van der Waals surface area contributed by atoms with Gasteiger partial charge in [-0.3, -0.25) is 4.57 Å². The van der Waals surface area contributed by atoms with Crippen LogP contribution in [0, 0.1) is 0 Å². The Bertz CT molecular complexity index is 665. The molecule has 126 valence electrons. The number of rotatable bonds is 6. The third-order valence-electron chi connectivity index (χ3n) is 3.75. The molecule has 0 aliphatic carbocycles. The van der Waals surface area contributed by atoms with Crippen molar-refractivity contribution in [2.75, 3.05) is 32.2 Å². The van der Waals surface area contributed by atoms with Gasteiger partial charge >= 0.3 is 0 Å². The van der Waals surface area contributed by atoms with E-state index in [-0.39, 0.29) is 6.61 Å². The summed E-state index contributed by atoms with van der Waals surface area (Å²) < 4.78 is 12.0. The summed E-state index contributed by atoms with van der Waals surface area (Å²) in [5.74, 6) is 0.539. The first-order valence-electron chi connectivity index (χ1n) is 7.20. The molecule has 0 amide bonds. The zero-order chi connectivity index (χ0) is 16.4. The molecule has 1 saturated heterocycles. The summed E-state index contributed by atoms with van der Waals surface area (Å²) in [6.45, 7) is 0.685. The molecule has 23 heavy (non-hydrogen) atoms. The van der Waals surface area contributed by atoms with Gasteiger partial charge in [-0.2, -0.15) is 0 Å². The first-order chi connectivity index (χ1) is 11.2. The molecule has 10 heteroatoms. The van der Waals surface area contributed by atoms with Gasteiger partial charge < -0.3 is 30.1 Å². The highest BCUT2D eigenvalue weighted by molar-refractivity contribution is 5.82. The molecule has 2 aromatic heterocycles. The Morgan fingerprint density at radius 1 is 1.30 bits per heavy atom. The number of aliphatic hydroxyl groups excluding tert-OH is 3. The molecule has 3 rings (SSSR count). The van der Waals surface area contributed by atoms with Crippen molar-refractivity contribution in [3.05, 3.63) is 12.7 Å². The van der Waals surface area contributed by atoms with Crippen molar-refractivity contribution in [2.24, 2.45) is 0 Å². The predicted molar refractivity (Wildman–Crippen MR) is 78.7 cm³/mol. The molecule has 4 atom stereocenters. The van der Waals surface area contributed by atoms with Crippen LogP contribution in [-0.4, -0.2) is 80.0 Å². The molecule has 1 aliphatic heterocycles. The van der Waals surface area contributed by atoms with E-state index in [9.17, 15) is 15.3 Å². The first-order valence-corrected chi connectivity index (χ1v) is 7.20. The van der Waals surface area contributed by atoms with Crippen molar-refractivity contribution in [1.82, 2.24) is 19.5 Å². The number of aliphatic hydroxyl groups is 3. The zero-order valence-electron chi connectivity index (χ0n) is 12.5. The van der Waals surface area contributed by atoms with Crippen LogP contribution in [0.2, 0.25) is 0 Å². The van der Waals surface area contributed by atoms with Gasteiger partial charge in [0.15, 0.2) is 23.2 Å². The Labute approximate surface area is 131 Å². The highest BCUT2D eigenvalue weighted by atomic mass is 16.6. The third kappa shape index (κ3) is 2.86. The molecule has 3 heterocycles. The molecule has 1 aliphatic rings. The number of hydrogen-bond donors (Lipinski definition) is 4. The summed E-state index contributed by atoms with van der Waals surface area (Å²) in [5, 5.41) is 32.3. The Morgan fingerprint density at radius 3 is 2.83 bits per heavy atom. The molecule has 2 aromatic rings. The normalized spacial score (nSPS) is 27.7. The maximum atomic E-state index is 10.1. The van der Waals surface area contributed by atoms with Gasteiger partial charge in [-0.15, -0.1) is 0 Å². The number of hydrogen-bond acceptors (Lipinski definition) is 9. The molecule has 1 fully saturated rings. The lowest BCUT2D eigenvalue weighted by molar-refractivity contribution is -0.0511. The molecule has 0 aromatic carbocycles. The number of nitrogens with one attached hydrogen (secondary N) is 1. The molecule has 4 unspecified atom stereocenters. The standard InChI is InChI=1S/C13H19N5O5/c1-22-3-2-14-11-8-12(16-5-15-11)18(6-17-8)13-10(21)9(20)7(4-19)23-13/h5-7,9-10,13,19-21H,2-4H2,1H3,(H,14,15,16). The minimum Gasteiger partial charge on any atom is -0.394 e. The fourth-order valence-electron chi connectivity index (χ4n) is 2.55. The van der Waals surface area contributed by atoms with E-state index >= 15 is 0 Å². The largest absolute Gasteiger partial charge is 0.394 e. The van der Waals surface area contributed by atoms with Crippen LogP contribution in [0.15, 0.2) is 12.7 Å². The summed E-state index contributed by atoms with van der Waals surface area (Å²) in [6, 6.07) is 0. The van der Waals surface area contributed by atoms with Crippen LogP contribution in [0.1, 0.15) is 6.23 Å². The minimum absolute atomic E-state index is 0.389. The van der Waals surface area contributed by atoms with E-state index < -0.39 is 24.5 Å². The van der Waals surface area contributed by atoms with Crippen molar-refractivity contribution < 1.29 is 24.8 Å². The second kappa shape index (κ2) is 6.72. The lowest BCUT2D eigenvalue weighted by atomic mass is 10.1. The second-order valence-electron chi connectivity index (χ2n) is 5.19. The Balaban J connectivity index is 1.90. The number of imidazole rings is 1. The lowest BCUT2D eigenvalue weighted by Crippen LogP contribution is -2.33. The van der Waals surface area contributed by atoms with Gasteiger partial charge in [-0.1, -0.05) is 0 Å². The Hall–Kier alpha value is -1.85. The van der Waals surface area contributed by atoms with E-state index in [2.05, 4.69) is 20.3 Å². The van der Waals surface area contributed by atoms with E-state index in [0.717, 1.165) is 0 Å². The van der Waals surface area contributed by atoms with Gasteiger partial charge in [-0.25, -0.2) is 15.0 Å². The quantitative estimate of drug-likeness (QED) is 0.468. The molecule has 0 radical (unpaired) electrons. The number of anilines is 1. The van der Waals surface area contributed by atoms with E-state index in [1.54, 1.807) is 7.11 Å². The van der Waals surface area contributed by atoms with Gasteiger partial charge in [0, 0.05) is 13.7 Å². The number of nitrogens with zero attached hydrogens (tertiary/aromatic N) is 4. The van der Waals surface area contributed by atoms with Gasteiger partial charge in [0.2, 0.25) is 0 Å². The Morgan fingerprint density at radius 2 is 2.13 bits per heavy atom.